The first-order valence-corrected chi connectivity index (χ1v) is 11.2. The van der Waals surface area contributed by atoms with Crippen LogP contribution in [0.3, 0.4) is 0 Å². The van der Waals surface area contributed by atoms with Crippen LogP contribution in [-0.2, 0) is 24.3 Å². The van der Waals surface area contributed by atoms with E-state index in [0.717, 1.165) is 37.6 Å². The smallest absolute Gasteiger partial charge is 0.337 e. The number of esters is 1. The highest BCUT2D eigenvalue weighted by molar-refractivity contribution is 5.89. The van der Waals surface area contributed by atoms with Gasteiger partial charge in [0.25, 0.3) is 0 Å². The Morgan fingerprint density at radius 1 is 1.14 bits per heavy atom. The first-order valence-electron chi connectivity index (χ1n) is 11.2. The lowest BCUT2D eigenvalue weighted by Gasteiger charge is -2.06. The summed E-state index contributed by atoms with van der Waals surface area (Å²) in [7, 11) is 1.25. The van der Waals surface area contributed by atoms with Gasteiger partial charge in [0.2, 0.25) is 5.89 Å². The molecule has 0 atom stereocenters. The van der Waals surface area contributed by atoms with Gasteiger partial charge in [0, 0.05) is 24.4 Å². The number of hydrogen-bond donors (Lipinski definition) is 0. The summed E-state index contributed by atoms with van der Waals surface area (Å²) in [4.78, 5) is 15.8. The standard InChI is InChI=1S/C26H25FN4O4/c1-33-26(32)21-8-7-20(24(27)16-21)9-12-25-29-22(18-35-25)17-34-23-10-5-19(6-11-23)4-2-3-14-31-15-13-28-30-31/h5-13,15-16,18H,2-4,14,17H2,1H3. The van der Waals surface area contributed by atoms with E-state index in [-0.39, 0.29) is 12.2 Å². The first kappa shape index (κ1) is 23.9. The van der Waals surface area contributed by atoms with Crippen LogP contribution in [0.5, 0.6) is 5.75 Å². The zero-order chi connectivity index (χ0) is 24.5. The second-order valence-corrected chi connectivity index (χ2v) is 7.79. The zero-order valence-electron chi connectivity index (χ0n) is 19.3. The van der Waals surface area contributed by atoms with Crippen LogP contribution in [0.4, 0.5) is 4.39 Å². The summed E-state index contributed by atoms with van der Waals surface area (Å²) in [6, 6.07) is 12.1. The molecular weight excluding hydrogens is 451 g/mol. The molecule has 0 amide bonds. The van der Waals surface area contributed by atoms with Crippen molar-refractivity contribution in [2.45, 2.75) is 32.4 Å². The third-order valence-electron chi connectivity index (χ3n) is 5.28. The molecule has 2 aromatic heterocycles. The summed E-state index contributed by atoms with van der Waals surface area (Å²) in [6.07, 6.45) is 11.2. The van der Waals surface area contributed by atoms with E-state index in [1.807, 2.05) is 23.0 Å². The van der Waals surface area contributed by atoms with Crippen molar-refractivity contribution in [3.05, 3.63) is 95.2 Å². The van der Waals surface area contributed by atoms with E-state index in [9.17, 15) is 9.18 Å². The van der Waals surface area contributed by atoms with Crippen LogP contribution >= 0.6 is 0 Å². The van der Waals surface area contributed by atoms with Crippen LogP contribution in [0, 0.1) is 5.82 Å². The summed E-state index contributed by atoms with van der Waals surface area (Å²) in [5.74, 6) is -0.0748. The van der Waals surface area contributed by atoms with Gasteiger partial charge in [0.05, 0.1) is 18.9 Å². The van der Waals surface area contributed by atoms with Crippen molar-refractivity contribution in [1.29, 1.82) is 0 Å². The van der Waals surface area contributed by atoms with E-state index in [4.69, 9.17) is 9.15 Å². The number of ether oxygens (including phenoxy) is 2. The molecule has 0 spiro atoms. The van der Waals surface area contributed by atoms with Gasteiger partial charge in [-0.3, -0.25) is 4.68 Å². The molecule has 0 bridgehead atoms. The fraction of sp³-hybridized carbons (Fsp3) is 0.231. The van der Waals surface area contributed by atoms with Gasteiger partial charge >= 0.3 is 5.97 Å². The van der Waals surface area contributed by atoms with Crippen molar-refractivity contribution in [1.82, 2.24) is 20.0 Å². The lowest BCUT2D eigenvalue weighted by atomic mass is 10.1. The molecular formula is C26H25FN4O4. The molecule has 0 unspecified atom stereocenters. The van der Waals surface area contributed by atoms with Gasteiger partial charge in [-0.2, -0.15) is 0 Å². The van der Waals surface area contributed by atoms with Gasteiger partial charge in [0.1, 0.15) is 30.1 Å². The Balaban J connectivity index is 1.23. The van der Waals surface area contributed by atoms with Gasteiger partial charge in [-0.25, -0.2) is 14.2 Å². The average Bonchev–Trinajstić information content (AvgIpc) is 3.57. The largest absolute Gasteiger partial charge is 0.487 e. The van der Waals surface area contributed by atoms with Crippen molar-refractivity contribution >= 4 is 18.1 Å². The van der Waals surface area contributed by atoms with E-state index >= 15 is 0 Å². The van der Waals surface area contributed by atoms with Gasteiger partial charge in [-0.05, 0) is 55.2 Å². The predicted octanol–water partition coefficient (Wildman–Crippen LogP) is 4.96. The fourth-order valence-electron chi connectivity index (χ4n) is 3.40. The predicted molar refractivity (Wildman–Crippen MR) is 127 cm³/mol. The van der Waals surface area contributed by atoms with E-state index in [1.165, 1.54) is 37.1 Å². The number of methoxy groups -OCH3 is 1. The highest BCUT2D eigenvalue weighted by atomic mass is 19.1. The molecule has 0 aliphatic carbocycles. The van der Waals surface area contributed by atoms with Crippen LogP contribution in [0.15, 0.2) is 65.5 Å². The van der Waals surface area contributed by atoms with Crippen molar-refractivity contribution in [2.24, 2.45) is 0 Å². The minimum absolute atomic E-state index is 0.147. The number of benzene rings is 2. The molecule has 180 valence electrons. The van der Waals surface area contributed by atoms with Gasteiger partial charge < -0.3 is 13.9 Å². The number of hydrogen-bond acceptors (Lipinski definition) is 7. The van der Waals surface area contributed by atoms with Gasteiger partial charge in [-0.15, -0.1) is 5.10 Å². The molecule has 0 fully saturated rings. The number of rotatable bonds is 11. The lowest BCUT2D eigenvalue weighted by Crippen LogP contribution is -2.01. The molecule has 4 rings (SSSR count). The summed E-state index contributed by atoms with van der Waals surface area (Å²) < 4.78 is 31.8. The van der Waals surface area contributed by atoms with Crippen LogP contribution in [0.2, 0.25) is 0 Å². The Bertz CT molecular complexity index is 1270. The number of nitrogens with zero attached hydrogens (tertiary/aromatic N) is 4. The average molecular weight is 477 g/mol. The molecule has 35 heavy (non-hydrogen) atoms. The highest BCUT2D eigenvalue weighted by Gasteiger charge is 2.09. The van der Waals surface area contributed by atoms with Crippen LogP contribution in [0.1, 0.15) is 45.9 Å². The minimum Gasteiger partial charge on any atom is -0.487 e. The van der Waals surface area contributed by atoms with Gasteiger partial charge in [-0.1, -0.05) is 23.4 Å². The topological polar surface area (TPSA) is 92.3 Å². The summed E-state index contributed by atoms with van der Waals surface area (Å²) in [5.41, 5.74) is 2.31. The van der Waals surface area contributed by atoms with E-state index in [1.54, 1.807) is 12.3 Å². The molecule has 4 aromatic rings. The van der Waals surface area contributed by atoms with E-state index in [0.29, 0.717) is 17.1 Å². The van der Waals surface area contributed by atoms with Crippen LogP contribution < -0.4 is 4.74 Å². The third-order valence-corrected chi connectivity index (χ3v) is 5.28. The number of carbonyl (C=O) groups is 1. The zero-order valence-corrected chi connectivity index (χ0v) is 19.3. The monoisotopic (exact) mass is 476 g/mol. The Kier molecular flexibility index (Phi) is 8.00. The number of unbranched alkanes of at least 4 members (excludes halogenated alkanes) is 1. The maximum Gasteiger partial charge on any atom is 0.337 e. The second kappa shape index (κ2) is 11.7. The molecule has 0 N–H and O–H groups in total. The van der Waals surface area contributed by atoms with Crippen molar-refractivity contribution in [3.63, 3.8) is 0 Å². The molecule has 0 radical (unpaired) electrons. The molecule has 0 aliphatic heterocycles. The Hall–Kier alpha value is -4.27. The molecule has 2 heterocycles. The molecule has 9 heteroatoms. The Morgan fingerprint density at radius 2 is 2.00 bits per heavy atom. The normalized spacial score (nSPS) is 11.1. The summed E-state index contributed by atoms with van der Waals surface area (Å²) in [5, 5.41) is 7.77. The fourth-order valence-corrected chi connectivity index (χ4v) is 3.40. The van der Waals surface area contributed by atoms with Crippen molar-refractivity contribution in [2.75, 3.05) is 7.11 Å². The van der Waals surface area contributed by atoms with E-state index < -0.39 is 11.8 Å². The molecule has 2 aromatic carbocycles. The Labute approximate surface area is 202 Å². The maximum absolute atomic E-state index is 14.2. The van der Waals surface area contributed by atoms with Crippen LogP contribution in [0.25, 0.3) is 12.2 Å². The number of carbonyl (C=O) groups excluding carboxylic acids is 1. The SMILES string of the molecule is COC(=O)c1ccc(C=Cc2nc(COc3ccc(CCCCn4ccnn4)cc3)co2)c(F)c1. The maximum atomic E-state index is 14.2. The minimum atomic E-state index is -0.592. The second-order valence-electron chi connectivity index (χ2n) is 7.79. The molecule has 0 aliphatic rings. The number of oxazole rings is 1. The molecule has 8 nitrogen and oxygen atoms in total. The number of aromatic nitrogens is 4. The Morgan fingerprint density at radius 3 is 2.74 bits per heavy atom. The highest BCUT2D eigenvalue weighted by Crippen LogP contribution is 2.17. The van der Waals surface area contributed by atoms with Crippen LogP contribution in [-0.4, -0.2) is 33.1 Å². The first-order chi connectivity index (χ1) is 17.1. The third kappa shape index (κ3) is 6.86. The number of aryl methyl sites for hydroxylation is 2. The summed E-state index contributed by atoms with van der Waals surface area (Å²) >= 11 is 0. The molecule has 0 saturated carbocycles. The molecule has 0 saturated heterocycles. The number of halogens is 1. The van der Waals surface area contributed by atoms with Crippen molar-refractivity contribution in [3.8, 4) is 5.75 Å². The van der Waals surface area contributed by atoms with Crippen molar-refractivity contribution < 1.29 is 23.1 Å². The summed E-state index contributed by atoms with van der Waals surface area (Å²) in [6.45, 7) is 1.11. The lowest BCUT2D eigenvalue weighted by molar-refractivity contribution is 0.0600. The quantitative estimate of drug-likeness (QED) is 0.223. The van der Waals surface area contributed by atoms with Gasteiger partial charge in [0.15, 0.2) is 0 Å². The van der Waals surface area contributed by atoms with E-state index in [2.05, 4.69) is 32.2 Å².